The molecule has 0 atom stereocenters. The highest BCUT2D eigenvalue weighted by Crippen LogP contribution is 2.27. The van der Waals surface area contributed by atoms with Crippen LogP contribution in [-0.2, 0) is 6.54 Å². The summed E-state index contributed by atoms with van der Waals surface area (Å²) in [6.45, 7) is 4.07. The van der Waals surface area contributed by atoms with Gasteiger partial charge < -0.3 is 10.6 Å². The number of guanidine groups is 1. The van der Waals surface area contributed by atoms with Crippen molar-refractivity contribution < 1.29 is 0 Å². The molecule has 1 aromatic heterocycles. The molecule has 2 rings (SSSR count). The van der Waals surface area contributed by atoms with Crippen molar-refractivity contribution >= 4 is 17.3 Å². The normalized spacial score (nSPS) is 16.2. The molecule has 0 radical (unpaired) electrons. The maximum absolute atomic E-state index is 4.22. The van der Waals surface area contributed by atoms with Gasteiger partial charge in [-0.25, -0.2) is 0 Å². The molecule has 2 N–H and O–H groups in total. The van der Waals surface area contributed by atoms with Gasteiger partial charge in [0.05, 0.1) is 6.54 Å². The lowest BCUT2D eigenvalue weighted by atomic mass is 10.3. The lowest BCUT2D eigenvalue weighted by molar-refractivity contribution is 0.739. The summed E-state index contributed by atoms with van der Waals surface area (Å²) in [5.41, 5.74) is 1.36. The maximum Gasteiger partial charge on any atom is 0.191 e. The van der Waals surface area contributed by atoms with Crippen LogP contribution in [0.1, 0.15) is 23.3 Å². The zero-order valence-corrected chi connectivity index (χ0v) is 10.7. The van der Waals surface area contributed by atoms with E-state index in [4.69, 9.17) is 0 Å². The minimum atomic E-state index is 0.869. The summed E-state index contributed by atoms with van der Waals surface area (Å²) < 4.78 is 0. The first-order valence-electron chi connectivity index (χ1n) is 5.77. The van der Waals surface area contributed by atoms with Crippen LogP contribution >= 0.6 is 11.3 Å². The number of nitrogens with zero attached hydrogens (tertiary/aromatic N) is 1. The zero-order chi connectivity index (χ0) is 11.4. The molecule has 3 nitrogen and oxygen atoms in total. The Morgan fingerprint density at radius 2 is 2.31 bits per heavy atom. The van der Waals surface area contributed by atoms with Gasteiger partial charge in [0.25, 0.3) is 0 Å². The second-order valence-corrected chi connectivity index (χ2v) is 5.28. The second-order valence-electron chi connectivity index (χ2n) is 4.28. The minimum Gasteiger partial charge on any atom is -0.356 e. The third-order valence-corrected chi connectivity index (χ3v) is 3.89. The van der Waals surface area contributed by atoms with E-state index in [0.29, 0.717) is 0 Å². The van der Waals surface area contributed by atoms with Crippen molar-refractivity contribution in [3.05, 3.63) is 21.9 Å². The lowest BCUT2D eigenvalue weighted by Crippen LogP contribution is -2.37. The monoisotopic (exact) mass is 237 g/mol. The first-order valence-corrected chi connectivity index (χ1v) is 6.65. The molecule has 0 unspecified atom stereocenters. The number of hydrogen-bond acceptors (Lipinski definition) is 2. The SMILES string of the molecule is CN=C(NCc1sccc1C)NCC1CC1. The van der Waals surface area contributed by atoms with Gasteiger partial charge in [-0.05, 0) is 42.7 Å². The number of rotatable bonds is 4. The van der Waals surface area contributed by atoms with Crippen LogP contribution in [0.25, 0.3) is 0 Å². The third kappa shape index (κ3) is 3.23. The molecule has 0 aliphatic heterocycles. The van der Waals surface area contributed by atoms with Gasteiger partial charge in [0, 0.05) is 18.5 Å². The van der Waals surface area contributed by atoms with Crippen LogP contribution < -0.4 is 10.6 Å². The predicted octanol–water partition coefficient (Wildman–Crippen LogP) is 2.13. The first kappa shape index (κ1) is 11.5. The van der Waals surface area contributed by atoms with Crippen LogP contribution in [-0.4, -0.2) is 19.6 Å². The van der Waals surface area contributed by atoms with Gasteiger partial charge in [-0.1, -0.05) is 0 Å². The molecule has 1 fully saturated rings. The molecule has 1 saturated carbocycles. The molecule has 1 aliphatic rings. The highest BCUT2D eigenvalue weighted by molar-refractivity contribution is 7.10. The summed E-state index contributed by atoms with van der Waals surface area (Å²) >= 11 is 1.79. The molecule has 0 saturated heterocycles. The molecular formula is C12H19N3S. The fourth-order valence-corrected chi connectivity index (χ4v) is 2.38. The Labute approximate surface area is 101 Å². The Hall–Kier alpha value is -1.03. The summed E-state index contributed by atoms with van der Waals surface area (Å²) in [6, 6.07) is 2.15. The quantitative estimate of drug-likeness (QED) is 0.622. The van der Waals surface area contributed by atoms with Gasteiger partial charge in [-0.2, -0.15) is 0 Å². The Kier molecular flexibility index (Phi) is 3.83. The van der Waals surface area contributed by atoms with E-state index in [1.807, 2.05) is 7.05 Å². The second kappa shape index (κ2) is 5.34. The average Bonchev–Trinajstić information content (AvgIpc) is 3.03. The van der Waals surface area contributed by atoms with Gasteiger partial charge in [0.2, 0.25) is 0 Å². The van der Waals surface area contributed by atoms with E-state index in [-0.39, 0.29) is 0 Å². The largest absolute Gasteiger partial charge is 0.356 e. The summed E-state index contributed by atoms with van der Waals surface area (Å²) in [6.07, 6.45) is 2.74. The van der Waals surface area contributed by atoms with E-state index in [2.05, 4.69) is 34.0 Å². The number of aliphatic imine (C=N–C) groups is 1. The van der Waals surface area contributed by atoms with Crippen LogP contribution in [0.15, 0.2) is 16.4 Å². The highest BCUT2D eigenvalue weighted by atomic mass is 32.1. The van der Waals surface area contributed by atoms with E-state index in [1.54, 1.807) is 11.3 Å². The molecule has 1 aliphatic carbocycles. The summed E-state index contributed by atoms with van der Waals surface area (Å²) in [7, 11) is 1.82. The fourth-order valence-electron chi connectivity index (χ4n) is 1.53. The van der Waals surface area contributed by atoms with Crippen LogP contribution in [0.5, 0.6) is 0 Å². The first-order chi connectivity index (χ1) is 7.79. The Bertz CT molecular complexity index is 366. The van der Waals surface area contributed by atoms with Crippen molar-refractivity contribution in [2.75, 3.05) is 13.6 Å². The number of thiophene rings is 1. The Balaban J connectivity index is 1.76. The smallest absolute Gasteiger partial charge is 0.191 e. The van der Waals surface area contributed by atoms with E-state index in [0.717, 1.165) is 25.0 Å². The highest BCUT2D eigenvalue weighted by Gasteiger charge is 2.20. The van der Waals surface area contributed by atoms with Crippen molar-refractivity contribution in [1.82, 2.24) is 10.6 Å². The van der Waals surface area contributed by atoms with Crippen LogP contribution in [0.4, 0.5) is 0 Å². The standard InChI is InChI=1S/C12H19N3S/c1-9-5-6-16-11(9)8-15-12(13-2)14-7-10-3-4-10/h5-6,10H,3-4,7-8H2,1-2H3,(H2,13,14,15). The van der Waals surface area contributed by atoms with Gasteiger partial charge in [-0.3, -0.25) is 4.99 Å². The molecule has 88 valence electrons. The van der Waals surface area contributed by atoms with Crippen molar-refractivity contribution in [3.63, 3.8) is 0 Å². The molecule has 4 heteroatoms. The number of aryl methyl sites for hydroxylation is 1. The van der Waals surface area contributed by atoms with Gasteiger partial charge in [0.1, 0.15) is 0 Å². The lowest BCUT2D eigenvalue weighted by Gasteiger charge is -2.10. The predicted molar refractivity (Wildman–Crippen MR) is 70.0 cm³/mol. The molecule has 0 spiro atoms. The molecule has 0 bridgehead atoms. The number of nitrogens with one attached hydrogen (secondary N) is 2. The third-order valence-electron chi connectivity index (χ3n) is 2.86. The van der Waals surface area contributed by atoms with E-state index in [1.165, 1.54) is 23.3 Å². The summed E-state index contributed by atoms with van der Waals surface area (Å²) in [4.78, 5) is 5.60. The van der Waals surface area contributed by atoms with Gasteiger partial charge in [0.15, 0.2) is 5.96 Å². The minimum absolute atomic E-state index is 0.869. The van der Waals surface area contributed by atoms with Crippen molar-refractivity contribution in [3.8, 4) is 0 Å². The van der Waals surface area contributed by atoms with E-state index < -0.39 is 0 Å². The fraction of sp³-hybridized carbons (Fsp3) is 0.583. The molecule has 1 heterocycles. The van der Waals surface area contributed by atoms with Crippen molar-refractivity contribution in [2.24, 2.45) is 10.9 Å². The summed E-state index contributed by atoms with van der Waals surface area (Å²) in [5.74, 6) is 1.79. The molecule has 16 heavy (non-hydrogen) atoms. The van der Waals surface area contributed by atoms with E-state index in [9.17, 15) is 0 Å². The van der Waals surface area contributed by atoms with Crippen LogP contribution in [0, 0.1) is 12.8 Å². The zero-order valence-electron chi connectivity index (χ0n) is 9.92. The Morgan fingerprint density at radius 1 is 1.50 bits per heavy atom. The van der Waals surface area contributed by atoms with Gasteiger partial charge in [-0.15, -0.1) is 11.3 Å². The molecule has 0 aromatic carbocycles. The molecule has 1 aromatic rings. The average molecular weight is 237 g/mol. The molecular weight excluding hydrogens is 218 g/mol. The van der Waals surface area contributed by atoms with Crippen LogP contribution in [0.2, 0.25) is 0 Å². The van der Waals surface area contributed by atoms with Crippen molar-refractivity contribution in [2.45, 2.75) is 26.3 Å². The topological polar surface area (TPSA) is 36.4 Å². The van der Waals surface area contributed by atoms with Crippen LogP contribution in [0.3, 0.4) is 0 Å². The van der Waals surface area contributed by atoms with Gasteiger partial charge >= 0.3 is 0 Å². The number of hydrogen-bond donors (Lipinski definition) is 2. The van der Waals surface area contributed by atoms with Crippen molar-refractivity contribution in [1.29, 1.82) is 0 Å². The molecule has 0 amide bonds. The maximum atomic E-state index is 4.22. The van der Waals surface area contributed by atoms with E-state index >= 15 is 0 Å². The Morgan fingerprint density at radius 3 is 2.88 bits per heavy atom. The summed E-state index contributed by atoms with van der Waals surface area (Å²) in [5, 5.41) is 8.83.